The molecule has 0 aromatic heterocycles. The van der Waals surface area contributed by atoms with Crippen molar-refractivity contribution in [3.8, 4) is 0 Å². The molecule has 9 nitrogen and oxygen atoms in total. The summed E-state index contributed by atoms with van der Waals surface area (Å²) in [5.41, 5.74) is 1.02. The van der Waals surface area contributed by atoms with Crippen molar-refractivity contribution in [3.63, 3.8) is 0 Å². The summed E-state index contributed by atoms with van der Waals surface area (Å²) in [7, 11) is 5.18. The van der Waals surface area contributed by atoms with Crippen molar-refractivity contribution < 1.29 is 14.3 Å². The smallest absolute Gasteiger partial charge is 0.317 e. The summed E-state index contributed by atoms with van der Waals surface area (Å²) in [5.74, 6) is 0.859. The van der Waals surface area contributed by atoms with Crippen molar-refractivity contribution in [2.24, 2.45) is 21.8 Å². The highest BCUT2D eigenvalue weighted by molar-refractivity contribution is 6.30. The Hall–Kier alpha value is -2.36. The molecular formula is C29H47ClN6O3. The van der Waals surface area contributed by atoms with E-state index in [4.69, 9.17) is 21.1 Å². The number of amides is 2. The van der Waals surface area contributed by atoms with E-state index in [2.05, 4.69) is 25.9 Å². The number of nitrogens with zero attached hydrogens (tertiary/aromatic N) is 3. The van der Waals surface area contributed by atoms with Gasteiger partial charge in [-0.05, 0) is 49.9 Å². The minimum absolute atomic E-state index is 0.0265. The molecule has 1 saturated heterocycles. The standard InChI is InChI=1S/C29H47ClN6O3/c1-31-19-26(17-22-9-5-4-6-10-22)35-29(37)36-15-8-12-24(20-36)27(23-11-7-13-25(30)18-23)39-16-14-33-28(38-3)34-21-32-2/h7,11,13,18,21-22,24,26-27,31H,4-6,8-10,12,14-17,19-20H2,1-3H3,(H,35,37)(H,32,33,34)/t24-,26+,27+/m1/s1. The van der Waals surface area contributed by atoms with Gasteiger partial charge in [0.05, 0.1) is 32.7 Å². The molecule has 1 aromatic carbocycles. The molecule has 0 unspecified atom stereocenters. The fraction of sp³-hybridized carbons (Fsp3) is 0.690. The predicted molar refractivity (Wildman–Crippen MR) is 159 cm³/mol. The number of carbonyl (C=O) groups is 1. The highest BCUT2D eigenvalue weighted by Gasteiger charge is 2.32. The van der Waals surface area contributed by atoms with Crippen LogP contribution in [0.2, 0.25) is 5.02 Å². The summed E-state index contributed by atoms with van der Waals surface area (Å²) in [6.45, 7) is 3.01. The average Bonchev–Trinajstić information content (AvgIpc) is 2.95. The van der Waals surface area contributed by atoms with E-state index in [1.807, 2.05) is 36.2 Å². The quantitative estimate of drug-likeness (QED) is 0.196. The first kappa shape index (κ1) is 31.2. The Kier molecular flexibility index (Phi) is 13.9. The second kappa shape index (κ2) is 17.4. The summed E-state index contributed by atoms with van der Waals surface area (Å²) < 4.78 is 11.7. The van der Waals surface area contributed by atoms with Crippen LogP contribution in [-0.4, -0.2) is 83.3 Å². The highest BCUT2D eigenvalue weighted by Crippen LogP contribution is 2.34. The molecule has 1 aliphatic heterocycles. The maximum atomic E-state index is 13.4. The molecule has 0 spiro atoms. The maximum Gasteiger partial charge on any atom is 0.317 e. The number of hydrogen-bond donors (Lipinski definition) is 3. The summed E-state index contributed by atoms with van der Waals surface area (Å²) in [5, 5.41) is 10.2. The van der Waals surface area contributed by atoms with Crippen molar-refractivity contribution in [1.29, 1.82) is 0 Å². The van der Waals surface area contributed by atoms with Gasteiger partial charge in [-0.3, -0.25) is 4.99 Å². The zero-order chi connectivity index (χ0) is 27.9. The first-order chi connectivity index (χ1) is 19.0. The largest absolute Gasteiger partial charge is 0.468 e. The topological polar surface area (TPSA) is 99.6 Å². The number of likely N-dealkylation sites (tertiary alicyclic amines) is 1. The number of likely N-dealkylation sites (N-methyl/N-ethyl adjacent to an activating group) is 1. The van der Waals surface area contributed by atoms with Gasteiger partial charge in [0.2, 0.25) is 0 Å². The van der Waals surface area contributed by atoms with E-state index >= 15 is 0 Å². The van der Waals surface area contributed by atoms with Crippen LogP contribution in [-0.2, 0) is 9.47 Å². The molecule has 1 heterocycles. The fourth-order valence-electron chi connectivity index (χ4n) is 5.78. The highest BCUT2D eigenvalue weighted by atomic mass is 35.5. The van der Waals surface area contributed by atoms with Crippen LogP contribution in [0.15, 0.2) is 34.3 Å². The van der Waals surface area contributed by atoms with E-state index in [9.17, 15) is 4.79 Å². The Bertz CT molecular complexity index is 924. The lowest BCUT2D eigenvalue weighted by Gasteiger charge is -2.38. The van der Waals surface area contributed by atoms with E-state index in [0.717, 1.165) is 37.9 Å². The SMILES string of the molecule is CN=CNC(=NCCO[C@@H](c1cccc(Cl)c1)[C@@H]1CCCN(C(=O)N[C@H](CNC)CC2CCCCC2)C1)OC. The second-order valence-corrected chi connectivity index (χ2v) is 11.0. The summed E-state index contributed by atoms with van der Waals surface area (Å²) >= 11 is 6.35. The van der Waals surface area contributed by atoms with Crippen molar-refractivity contribution in [1.82, 2.24) is 20.9 Å². The number of carbonyl (C=O) groups excluding carboxylic acids is 1. The van der Waals surface area contributed by atoms with Crippen LogP contribution < -0.4 is 16.0 Å². The Balaban J connectivity index is 1.63. The Labute approximate surface area is 239 Å². The number of methoxy groups -OCH3 is 1. The molecule has 218 valence electrons. The monoisotopic (exact) mass is 562 g/mol. The molecule has 1 saturated carbocycles. The van der Waals surface area contributed by atoms with Crippen LogP contribution in [0.25, 0.3) is 0 Å². The van der Waals surface area contributed by atoms with Gasteiger partial charge in [-0.15, -0.1) is 0 Å². The summed E-state index contributed by atoms with van der Waals surface area (Å²) in [4.78, 5) is 23.7. The van der Waals surface area contributed by atoms with Crippen LogP contribution in [0.1, 0.15) is 63.0 Å². The first-order valence-corrected chi connectivity index (χ1v) is 14.7. The Morgan fingerprint density at radius 2 is 2.05 bits per heavy atom. The van der Waals surface area contributed by atoms with Crippen LogP contribution in [0.5, 0.6) is 0 Å². The van der Waals surface area contributed by atoms with Crippen molar-refractivity contribution in [2.75, 3.05) is 54.0 Å². The number of aliphatic imine (C=N–C) groups is 2. The van der Waals surface area contributed by atoms with Gasteiger partial charge in [-0.25, -0.2) is 9.79 Å². The van der Waals surface area contributed by atoms with Crippen LogP contribution >= 0.6 is 11.6 Å². The van der Waals surface area contributed by atoms with E-state index in [1.165, 1.54) is 38.4 Å². The Morgan fingerprint density at radius 1 is 1.23 bits per heavy atom. The molecule has 3 rings (SSSR count). The molecule has 3 atom stereocenters. The molecule has 0 radical (unpaired) electrons. The Morgan fingerprint density at radius 3 is 2.77 bits per heavy atom. The van der Waals surface area contributed by atoms with Gasteiger partial charge >= 0.3 is 6.03 Å². The van der Waals surface area contributed by atoms with Crippen LogP contribution in [0.3, 0.4) is 0 Å². The van der Waals surface area contributed by atoms with Gasteiger partial charge in [0.15, 0.2) is 0 Å². The third-order valence-corrected chi connectivity index (χ3v) is 7.86. The summed E-state index contributed by atoms with van der Waals surface area (Å²) in [6.07, 6.45) is 10.8. The lowest BCUT2D eigenvalue weighted by Crippen LogP contribution is -2.52. The van der Waals surface area contributed by atoms with Gasteiger partial charge in [0.1, 0.15) is 0 Å². The number of ether oxygens (including phenoxy) is 2. The summed E-state index contributed by atoms with van der Waals surface area (Å²) in [6, 6.07) is 8.38. The number of benzene rings is 1. The zero-order valence-corrected chi connectivity index (χ0v) is 24.6. The first-order valence-electron chi connectivity index (χ1n) is 14.4. The van der Waals surface area contributed by atoms with Gasteiger partial charge in [0, 0.05) is 43.7 Å². The van der Waals surface area contributed by atoms with Crippen molar-refractivity contribution in [2.45, 2.75) is 63.5 Å². The van der Waals surface area contributed by atoms with Crippen LogP contribution in [0.4, 0.5) is 4.79 Å². The number of halogens is 1. The van der Waals surface area contributed by atoms with E-state index in [1.54, 1.807) is 14.2 Å². The van der Waals surface area contributed by atoms with Gasteiger partial charge in [-0.1, -0.05) is 55.8 Å². The van der Waals surface area contributed by atoms with Crippen molar-refractivity contribution in [3.05, 3.63) is 34.9 Å². The number of amidine groups is 1. The van der Waals surface area contributed by atoms with Crippen molar-refractivity contribution >= 4 is 30.0 Å². The maximum absolute atomic E-state index is 13.4. The number of rotatable bonds is 12. The third-order valence-electron chi connectivity index (χ3n) is 7.63. The zero-order valence-electron chi connectivity index (χ0n) is 23.8. The fourth-order valence-corrected chi connectivity index (χ4v) is 5.97. The molecular weight excluding hydrogens is 516 g/mol. The molecule has 1 aliphatic carbocycles. The predicted octanol–water partition coefficient (Wildman–Crippen LogP) is 4.63. The molecule has 39 heavy (non-hydrogen) atoms. The average molecular weight is 563 g/mol. The van der Waals surface area contributed by atoms with Gasteiger partial charge in [0.25, 0.3) is 6.02 Å². The second-order valence-electron chi connectivity index (χ2n) is 10.6. The van der Waals surface area contributed by atoms with Crippen LogP contribution in [0, 0.1) is 11.8 Å². The number of hydrogen-bond acceptors (Lipinski definition) is 6. The lowest BCUT2D eigenvalue weighted by atomic mass is 9.85. The third kappa shape index (κ3) is 10.6. The number of piperidine rings is 1. The van der Waals surface area contributed by atoms with Gasteiger partial charge < -0.3 is 30.3 Å². The molecule has 0 bridgehead atoms. The van der Waals surface area contributed by atoms with Gasteiger partial charge in [-0.2, -0.15) is 0 Å². The lowest BCUT2D eigenvalue weighted by molar-refractivity contribution is -0.00661. The number of nitrogens with one attached hydrogen (secondary N) is 3. The number of urea groups is 1. The molecule has 1 aromatic rings. The minimum Gasteiger partial charge on any atom is -0.468 e. The molecule has 2 fully saturated rings. The normalized spacial score (nSPS) is 20.6. The minimum atomic E-state index is -0.194. The molecule has 2 amide bonds. The molecule has 3 N–H and O–H groups in total. The van der Waals surface area contributed by atoms with E-state index in [-0.39, 0.29) is 24.1 Å². The molecule has 2 aliphatic rings. The molecule has 10 heteroatoms. The van der Waals surface area contributed by atoms with E-state index < -0.39 is 0 Å². The van der Waals surface area contributed by atoms with E-state index in [0.29, 0.717) is 36.7 Å².